The molecule has 19 heavy (non-hydrogen) atoms. The number of ether oxygens (including phenoxy) is 1. The Morgan fingerprint density at radius 2 is 1.68 bits per heavy atom. The van der Waals surface area contributed by atoms with E-state index in [1.807, 2.05) is 63.2 Å². The smallest absolute Gasteiger partial charge is 0.133 e. The zero-order valence-electron chi connectivity index (χ0n) is 11.5. The first-order chi connectivity index (χ1) is 9.03. The summed E-state index contributed by atoms with van der Waals surface area (Å²) in [5.74, 6) is 1.56. The minimum absolute atomic E-state index is 0.0677. The molecule has 0 aliphatic carbocycles. The van der Waals surface area contributed by atoms with E-state index in [-0.39, 0.29) is 5.92 Å². The molecule has 2 heteroatoms. The molecule has 2 nitrogen and oxygen atoms in total. The molecule has 1 aliphatic rings. The van der Waals surface area contributed by atoms with Crippen LogP contribution >= 0.6 is 0 Å². The number of fused-ring (bicyclic) bond motifs is 2. The van der Waals surface area contributed by atoms with Gasteiger partial charge in [-0.15, -0.1) is 0 Å². The van der Waals surface area contributed by atoms with Crippen LogP contribution in [0.4, 0.5) is 0 Å². The number of aryl methyl sites for hydroxylation is 1. The number of hydrogen-bond donors (Lipinski definition) is 1. The van der Waals surface area contributed by atoms with Gasteiger partial charge in [-0.05, 0) is 31.0 Å². The van der Waals surface area contributed by atoms with Gasteiger partial charge in [0.2, 0.25) is 0 Å². The van der Waals surface area contributed by atoms with Crippen molar-refractivity contribution >= 4 is 0 Å². The molecule has 0 saturated heterocycles. The van der Waals surface area contributed by atoms with Gasteiger partial charge in [0.05, 0.1) is 0 Å². The summed E-state index contributed by atoms with van der Waals surface area (Å²) in [7, 11) is 0. The Morgan fingerprint density at radius 3 is 2.42 bits per heavy atom. The topological polar surface area (TPSA) is 29.5 Å². The van der Waals surface area contributed by atoms with Gasteiger partial charge in [0.1, 0.15) is 17.1 Å². The molecule has 0 fully saturated rings. The molecule has 0 aromatic heterocycles. The lowest BCUT2D eigenvalue weighted by molar-refractivity contribution is 0.0225. The molecule has 0 saturated carbocycles. The first kappa shape index (κ1) is 12.2. The zero-order valence-corrected chi connectivity index (χ0v) is 11.5. The normalized spacial score (nSPS) is 20.7. The summed E-state index contributed by atoms with van der Waals surface area (Å²) < 4.78 is 5.92. The molecule has 2 aromatic rings. The molecule has 1 aliphatic heterocycles. The van der Waals surface area contributed by atoms with Crippen molar-refractivity contribution in [1.29, 1.82) is 0 Å². The van der Waals surface area contributed by atoms with Gasteiger partial charge >= 0.3 is 0 Å². The lowest BCUT2D eigenvalue weighted by Crippen LogP contribution is -2.36. The van der Waals surface area contributed by atoms with E-state index in [2.05, 4.69) is 0 Å². The van der Waals surface area contributed by atoms with Crippen molar-refractivity contribution in [2.45, 2.75) is 26.4 Å². The minimum atomic E-state index is -0.990. The number of hydrogen-bond acceptors (Lipinski definition) is 2. The van der Waals surface area contributed by atoms with Crippen LogP contribution in [0.25, 0.3) is 0 Å². The highest BCUT2D eigenvalue weighted by atomic mass is 16.5. The van der Waals surface area contributed by atoms with Crippen molar-refractivity contribution < 1.29 is 9.84 Å². The molecule has 3 rings (SSSR count). The maximum absolute atomic E-state index is 11.3. The average Bonchev–Trinajstić information content (AvgIpc) is 2.40. The summed E-state index contributed by atoms with van der Waals surface area (Å²) >= 11 is 0. The quantitative estimate of drug-likeness (QED) is 0.833. The van der Waals surface area contributed by atoms with Gasteiger partial charge in [0.15, 0.2) is 0 Å². The highest BCUT2D eigenvalue weighted by Crippen LogP contribution is 2.50. The Labute approximate surface area is 113 Å². The summed E-state index contributed by atoms with van der Waals surface area (Å²) in [6, 6.07) is 13.7. The fourth-order valence-corrected chi connectivity index (χ4v) is 2.79. The first-order valence-electron chi connectivity index (χ1n) is 6.64. The number of rotatable bonds is 1. The molecule has 1 unspecified atom stereocenters. The lowest BCUT2D eigenvalue weighted by atomic mass is 9.75. The maximum atomic E-state index is 11.3. The third kappa shape index (κ3) is 1.67. The van der Waals surface area contributed by atoms with Crippen molar-refractivity contribution in [2.75, 3.05) is 0 Å². The third-order valence-electron chi connectivity index (χ3n) is 3.90. The summed E-state index contributed by atoms with van der Waals surface area (Å²) in [6.07, 6.45) is 0. The monoisotopic (exact) mass is 254 g/mol. The van der Waals surface area contributed by atoms with Crippen LogP contribution in [-0.4, -0.2) is 5.11 Å². The molecule has 98 valence electrons. The van der Waals surface area contributed by atoms with Crippen LogP contribution in [0, 0.1) is 12.8 Å². The Kier molecular flexibility index (Phi) is 2.64. The third-order valence-corrected chi connectivity index (χ3v) is 3.90. The van der Waals surface area contributed by atoms with E-state index in [0.29, 0.717) is 0 Å². The number of aliphatic hydroxyl groups is 1. The summed E-state index contributed by atoms with van der Waals surface area (Å²) in [5, 5.41) is 11.3. The molecule has 0 amide bonds. The van der Waals surface area contributed by atoms with Gasteiger partial charge in [0.25, 0.3) is 0 Å². The molecule has 0 radical (unpaired) electrons. The average molecular weight is 254 g/mol. The molecule has 2 aromatic carbocycles. The number of benzene rings is 2. The Bertz CT molecular complexity index is 631. The van der Waals surface area contributed by atoms with Crippen LogP contribution in [-0.2, 0) is 5.60 Å². The number of para-hydroxylation sites is 1. The summed E-state index contributed by atoms with van der Waals surface area (Å²) in [6.45, 7) is 6.10. The van der Waals surface area contributed by atoms with Gasteiger partial charge in [-0.25, -0.2) is 0 Å². The highest BCUT2D eigenvalue weighted by Gasteiger charge is 2.42. The summed E-state index contributed by atoms with van der Waals surface area (Å²) in [5.41, 5.74) is 1.85. The molecular weight excluding hydrogens is 236 g/mol. The summed E-state index contributed by atoms with van der Waals surface area (Å²) in [4.78, 5) is 0. The van der Waals surface area contributed by atoms with Gasteiger partial charge in [-0.1, -0.05) is 43.7 Å². The zero-order chi connectivity index (χ0) is 13.6. The second-order valence-electron chi connectivity index (χ2n) is 5.52. The molecule has 0 bridgehead atoms. The van der Waals surface area contributed by atoms with Crippen LogP contribution in [0.15, 0.2) is 42.5 Å². The Morgan fingerprint density at radius 1 is 1.00 bits per heavy atom. The van der Waals surface area contributed by atoms with Gasteiger partial charge in [-0.3, -0.25) is 0 Å². The molecular formula is C17H18O2. The van der Waals surface area contributed by atoms with Gasteiger partial charge < -0.3 is 9.84 Å². The van der Waals surface area contributed by atoms with Crippen molar-refractivity contribution in [1.82, 2.24) is 0 Å². The maximum Gasteiger partial charge on any atom is 0.133 e. The van der Waals surface area contributed by atoms with Crippen molar-refractivity contribution in [2.24, 2.45) is 5.92 Å². The minimum Gasteiger partial charge on any atom is -0.457 e. The molecule has 0 spiro atoms. The fourth-order valence-electron chi connectivity index (χ4n) is 2.79. The first-order valence-corrected chi connectivity index (χ1v) is 6.64. The highest BCUT2D eigenvalue weighted by molar-refractivity contribution is 5.56. The SMILES string of the molecule is Cc1ccc2c(c1)C(O)(C(C)C)c1ccccc1O2. The van der Waals surface area contributed by atoms with Crippen LogP contribution in [0.2, 0.25) is 0 Å². The van der Waals surface area contributed by atoms with Crippen LogP contribution in [0.3, 0.4) is 0 Å². The lowest BCUT2D eigenvalue weighted by Gasteiger charge is -2.39. The van der Waals surface area contributed by atoms with Gasteiger partial charge in [-0.2, -0.15) is 0 Å². The predicted octanol–water partition coefficient (Wildman–Crippen LogP) is 3.99. The fraction of sp³-hybridized carbons (Fsp3) is 0.294. The van der Waals surface area contributed by atoms with Crippen molar-refractivity contribution in [3.8, 4) is 11.5 Å². The molecule has 1 N–H and O–H groups in total. The van der Waals surface area contributed by atoms with E-state index in [0.717, 1.165) is 28.2 Å². The van der Waals surface area contributed by atoms with Crippen LogP contribution in [0.1, 0.15) is 30.5 Å². The van der Waals surface area contributed by atoms with E-state index in [9.17, 15) is 5.11 Å². The second-order valence-corrected chi connectivity index (χ2v) is 5.52. The molecule has 1 heterocycles. The Balaban J connectivity index is 2.31. The predicted molar refractivity (Wildman–Crippen MR) is 75.5 cm³/mol. The second kappa shape index (κ2) is 4.10. The van der Waals surface area contributed by atoms with E-state index in [4.69, 9.17) is 4.74 Å². The van der Waals surface area contributed by atoms with Crippen LogP contribution in [0.5, 0.6) is 11.5 Å². The Hall–Kier alpha value is -1.80. The molecule has 1 atom stereocenters. The van der Waals surface area contributed by atoms with Crippen LogP contribution < -0.4 is 4.74 Å². The van der Waals surface area contributed by atoms with E-state index in [1.165, 1.54) is 0 Å². The standard InChI is InChI=1S/C17H18O2/c1-11(2)17(18)13-6-4-5-7-15(13)19-16-9-8-12(3)10-14(16)17/h4-11,18H,1-3H3. The van der Waals surface area contributed by atoms with E-state index < -0.39 is 5.60 Å². The van der Waals surface area contributed by atoms with E-state index >= 15 is 0 Å². The largest absolute Gasteiger partial charge is 0.457 e. The van der Waals surface area contributed by atoms with E-state index in [1.54, 1.807) is 0 Å². The van der Waals surface area contributed by atoms with Crippen molar-refractivity contribution in [3.05, 3.63) is 59.2 Å². The van der Waals surface area contributed by atoms with Gasteiger partial charge in [0, 0.05) is 11.1 Å². The van der Waals surface area contributed by atoms with Crippen molar-refractivity contribution in [3.63, 3.8) is 0 Å².